The first-order valence-corrected chi connectivity index (χ1v) is 7.63. The molecule has 0 aliphatic rings. The molecule has 0 fully saturated rings. The summed E-state index contributed by atoms with van der Waals surface area (Å²) in [6.07, 6.45) is 0.880. The SMILES string of the molecule is Cc1cc(CCN)cc(C)c1OCc1ccc(Cl)cc1Cl. The number of hydrogen-bond acceptors (Lipinski definition) is 2. The van der Waals surface area contributed by atoms with E-state index in [0.29, 0.717) is 23.2 Å². The molecular weight excluding hydrogens is 305 g/mol. The van der Waals surface area contributed by atoms with Gasteiger partial charge in [0.05, 0.1) is 0 Å². The predicted molar refractivity (Wildman–Crippen MR) is 89.5 cm³/mol. The van der Waals surface area contributed by atoms with E-state index in [0.717, 1.165) is 28.9 Å². The second-order valence-corrected chi connectivity index (χ2v) is 5.97. The second kappa shape index (κ2) is 7.17. The molecule has 0 aliphatic heterocycles. The number of halogens is 2. The monoisotopic (exact) mass is 323 g/mol. The van der Waals surface area contributed by atoms with Crippen molar-refractivity contribution in [1.29, 1.82) is 0 Å². The number of ether oxygens (including phenoxy) is 1. The molecule has 4 heteroatoms. The van der Waals surface area contributed by atoms with Crippen molar-refractivity contribution in [2.75, 3.05) is 6.54 Å². The molecule has 0 radical (unpaired) electrons. The van der Waals surface area contributed by atoms with Crippen molar-refractivity contribution >= 4 is 23.2 Å². The van der Waals surface area contributed by atoms with Gasteiger partial charge in [-0.05, 0) is 55.6 Å². The molecule has 21 heavy (non-hydrogen) atoms. The highest BCUT2D eigenvalue weighted by molar-refractivity contribution is 6.35. The Morgan fingerprint density at radius 2 is 1.71 bits per heavy atom. The topological polar surface area (TPSA) is 35.2 Å². The molecule has 0 saturated heterocycles. The molecule has 0 spiro atoms. The lowest BCUT2D eigenvalue weighted by atomic mass is 10.0. The van der Waals surface area contributed by atoms with Gasteiger partial charge in [0.2, 0.25) is 0 Å². The Bertz CT molecular complexity index is 618. The van der Waals surface area contributed by atoms with Crippen molar-refractivity contribution in [3.63, 3.8) is 0 Å². The lowest BCUT2D eigenvalue weighted by Gasteiger charge is -2.14. The molecule has 0 bridgehead atoms. The van der Waals surface area contributed by atoms with Crippen LogP contribution in [-0.2, 0) is 13.0 Å². The van der Waals surface area contributed by atoms with Gasteiger partial charge in [0.25, 0.3) is 0 Å². The van der Waals surface area contributed by atoms with Crippen molar-refractivity contribution in [2.45, 2.75) is 26.9 Å². The number of benzene rings is 2. The first-order chi connectivity index (χ1) is 10.0. The number of hydrogen-bond donors (Lipinski definition) is 1. The smallest absolute Gasteiger partial charge is 0.125 e. The fourth-order valence-corrected chi connectivity index (χ4v) is 2.83. The number of aryl methyl sites for hydroxylation is 2. The first-order valence-electron chi connectivity index (χ1n) is 6.88. The molecule has 0 heterocycles. The molecule has 112 valence electrons. The van der Waals surface area contributed by atoms with Crippen LogP contribution in [0, 0.1) is 13.8 Å². The van der Waals surface area contributed by atoms with Crippen LogP contribution < -0.4 is 10.5 Å². The molecule has 0 unspecified atom stereocenters. The molecule has 2 nitrogen and oxygen atoms in total. The van der Waals surface area contributed by atoms with E-state index in [-0.39, 0.29) is 0 Å². The van der Waals surface area contributed by atoms with E-state index in [2.05, 4.69) is 12.1 Å². The quantitative estimate of drug-likeness (QED) is 0.866. The zero-order valence-corrected chi connectivity index (χ0v) is 13.8. The van der Waals surface area contributed by atoms with Crippen LogP contribution in [0.2, 0.25) is 10.0 Å². The highest BCUT2D eigenvalue weighted by Crippen LogP contribution is 2.28. The minimum Gasteiger partial charge on any atom is -0.488 e. The fourth-order valence-electron chi connectivity index (χ4n) is 2.37. The number of rotatable bonds is 5. The Morgan fingerprint density at radius 3 is 2.29 bits per heavy atom. The molecule has 0 aliphatic carbocycles. The van der Waals surface area contributed by atoms with Crippen LogP contribution in [0.4, 0.5) is 0 Å². The summed E-state index contributed by atoms with van der Waals surface area (Å²) in [4.78, 5) is 0. The van der Waals surface area contributed by atoms with Crippen molar-refractivity contribution in [3.8, 4) is 5.75 Å². The van der Waals surface area contributed by atoms with Crippen LogP contribution in [-0.4, -0.2) is 6.54 Å². The Kier molecular flexibility index (Phi) is 5.51. The lowest BCUT2D eigenvalue weighted by molar-refractivity contribution is 0.302. The van der Waals surface area contributed by atoms with E-state index in [1.165, 1.54) is 5.56 Å². The zero-order valence-electron chi connectivity index (χ0n) is 12.2. The van der Waals surface area contributed by atoms with Crippen LogP contribution in [0.1, 0.15) is 22.3 Å². The van der Waals surface area contributed by atoms with Gasteiger partial charge < -0.3 is 10.5 Å². The first kappa shape index (κ1) is 16.2. The van der Waals surface area contributed by atoms with E-state index in [1.807, 2.05) is 26.0 Å². The van der Waals surface area contributed by atoms with Crippen molar-refractivity contribution in [1.82, 2.24) is 0 Å². The van der Waals surface area contributed by atoms with Gasteiger partial charge in [-0.2, -0.15) is 0 Å². The minimum absolute atomic E-state index is 0.425. The number of nitrogens with two attached hydrogens (primary N) is 1. The van der Waals surface area contributed by atoms with Gasteiger partial charge >= 0.3 is 0 Å². The maximum atomic E-state index is 6.16. The Hall–Kier alpha value is -1.22. The van der Waals surface area contributed by atoms with Crippen LogP contribution >= 0.6 is 23.2 Å². The van der Waals surface area contributed by atoms with E-state index in [4.69, 9.17) is 33.7 Å². The molecule has 2 N–H and O–H groups in total. The maximum absolute atomic E-state index is 6.16. The van der Waals surface area contributed by atoms with E-state index in [9.17, 15) is 0 Å². The molecule has 0 saturated carbocycles. The van der Waals surface area contributed by atoms with Crippen molar-refractivity contribution < 1.29 is 4.74 Å². The zero-order chi connectivity index (χ0) is 15.4. The second-order valence-electron chi connectivity index (χ2n) is 5.12. The molecule has 2 aromatic carbocycles. The van der Waals surface area contributed by atoms with Gasteiger partial charge in [-0.1, -0.05) is 41.4 Å². The van der Waals surface area contributed by atoms with Crippen LogP contribution in [0.5, 0.6) is 5.75 Å². The van der Waals surface area contributed by atoms with E-state index in [1.54, 1.807) is 6.07 Å². The standard InChI is InChI=1S/C17H19Cl2NO/c1-11-7-13(5-6-20)8-12(2)17(11)21-10-14-3-4-15(18)9-16(14)19/h3-4,7-9H,5-6,10,20H2,1-2H3. The maximum Gasteiger partial charge on any atom is 0.125 e. The molecule has 0 atom stereocenters. The molecule has 0 amide bonds. The third-order valence-corrected chi connectivity index (χ3v) is 3.93. The van der Waals surface area contributed by atoms with Gasteiger partial charge in [-0.25, -0.2) is 0 Å². The highest BCUT2D eigenvalue weighted by atomic mass is 35.5. The summed E-state index contributed by atoms with van der Waals surface area (Å²) < 4.78 is 5.95. The van der Waals surface area contributed by atoms with E-state index < -0.39 is 0 Å². The van der Waals surface area contributed by atoms with Gasteiger partial charge in [0, 0.05) is 15.6 Å². The Labute approximate surface area is 135 Å². The summed E-state index contributed by atoms with van der Waals surface area (Å²) in [6, 6.07) is 9.68. The van der Waals surface area contributed by atoms with Crippen LogP contribution in [0.15, 0.2) is 30.3 Å². The summed E-state index contributed by atoms with van der Waals surface area (Å²) in [5, 5.41) is 1.25. The summed E-state index contributed by atoms with van der Waals surface area (Å²) in [6.45, 7) is 5.17. The van der Waals surface area contributed by atoms with Gasteiger partial charge in [-0.3, -0.25) is 0 Å². The lowest BCUT2D eigenvalue weighted by Crippen LogP contribution is -2.05. The van der Waals surface area contributed by atoms with Gasteiger partial charge in [-0.15, -0.1) is 0 Å². The molecule has 2 aromatic rings. The largest absolute Gasteiger partial charge is 0.488 e. The van der Waals surface area contributed by atoms with E-state index >= 15 is 0 Å². The van der Waals surface area contributed by atoms with Gasteiger partial charge in [0.1, 0.15) is 12.4 Å². The normalized spacial score (nSPS) is 10.7. The summed E-state index contributed by atoms with van der Waals surface area (Å²) in [7, 11) is 0. The molecule has 2 rings (SSSR count). The molecule has 0 aromatic heterocycles. The predicted octanol–water partition coefficient (Wildman–Crippen LogP) is 4.69. The highest BCUT2D eigenvalue weighted by Gasteiger charge is 2.08. The van der Waals surface area contributed by atoms with Crippen molar-refractivity contribution in [2.24, 2.45) is 5.73 Å². The third kappa shape index (κ3) is 4.13. The Balaban J connectivity index is 2.16. The van der Waals surface area contributed by atoms with Crippen LogP contribution in [0.3, 0.4) is 0 Å². The summed E-state index contributed by atoms with van der Waals surface area (Å²) >= 11 is 12.1. The minimum atomic E-state index is 0.425. The molecular formula is C17H19Cl2NO. The van der Waals surface area contributed by atoms with Gasteiger partial charge in [0.15, 0.2) is 0 Å². The third-order valence-electron chi connectivity index (χ3n) is 3.34. The fraction of sp³-hybridized carbons (Fsp3) is 0.294. The van der Waals surface area contributed by atoms with Crippen LogP contribution in [0.25, 0.3) is 0 Å². The average Bonchev–Trinajstić information content (AvgIpc) is 2.40. The average molecular weight is 324 g/mol. The Morgan fingerprint density at radius 1 is 1.05 bits per heavy atom. The summed E-state index contributed by atoms with van der Waals surface area (Å²) in [5.74, 6) is 0.904. The summed E-state index contributed by atoms with van der Waals surface area (Å²) in [5.41, 5.74) is 10.00. The van der Waals surface area contributed by atoms with Crippen molar-refractivity contribution in [3.05, 3.63) is 62.6 Å².